The molecule has 3 N–H and O–H groups in total. The van der Waals surface area contributed by atoms with Crippen molar-refractivity contribution >= 4 is 31.7 Å². The van der Waals surface area contributed by atoms with Crippen molar-refractivity contribution in [3.05, 3.63) is 131 Å². The average molecular weight is 644 g/mol. The fraction of sp³-hybridized carbons (Fsp3) is 0.278. The predicted octanol–water partition coefficient (Wildman–Crippen LogP) is 8.41. The Hall–Kier alpha value is -4.54. The quantitative estimate of drug-likeness (QED) is 0.119. The monoisotopic (exact) mass is 643 g/mol. The summed E-state index contributed by atoms with van der Waals surface area (Å²) in [7, 11) is -2.10. The van der Waals surface area contributed by atoms with Gasteiger partial charge in [0.2, 0.25) is 5.91 Å². The standard InChI is InChI=1S/C36H39F2N3O4Si/c1-46(2,3)45-33(25-9-13-27(37)14-10-25)22-21-31(35(42)41-32(23-44-36(41)43)24-7-5-4-6-8-24)34(26-11-17-29(39)18-12-26)40-30-19-15-28(38)16-20-30/h4-20,31-34,40H,21-23,39H2,1-3H3/t31-,32-,33+,34-/m1/s1. The van der Waals surface area contributed by atoms with E-state index in [0.29, 0.717) is 24.2 Å². The fourth-order valence-electron chi connectivity index (χ4n) is 5.77. The summed E-state index contributed by atoms with van der Waals surface area (Å²) >= 11 is 0. The lowest BCUT2D eigenvalue weighted by Gasteiger charge is -2.34. The lowest BCUT2D eigenvalue weighted by atomic mass is 9.85. The van der Waals surface area contributed by atoms with Gasteiger partial charge in [0.05, 0.1) is 18.1 Å². The molecule has 0 spiro atoms. The first-order chi connectivity index (χ1) is 22.0. The molecule has 5 rings (SSSR count). The Bertz CT molecular complexity index is 1610. The van der Waals surface area contributed by atoms with Gasteiger partial charge in [-0.1, -0.05) is 54.6 Å². The lowest BCUT2D eigenvalue weighted by Crippen LogP contribution is -2.42. The highest BCUT2D eigenvalue weighted by atomic mass is 28.4. The number of halogens is 2. The van der Waals surface area contributed by atoms with Crippen LogP contribution in [-0.2, 0) is 14.0 Å². The Kier molecular flexibility index (Phi) is 10.2. The van der Waals surface area contributed by atoms with Crippen LogP contribution < -0.4 is 11.1 Å². The molecule has 10 heteroatoms. The minimum Gasteiger partial charge on any atom is -0.446 e. The first-order valence-electron chi connectivity index (χ1n) is 15.3. The van der Waals surface area contributed by atoms with Crippen molar-refractivity contribution in [2.24, 2.45) is 5.92 Å². The summed E-state index contributed by atoms with van der Waals surface area (Å²) in [5.74, 6) is -1.97. The Morgan fingerprint density at radius 2 is 1.48 bits per heavy atom. The van der Waals surface area contributed by atoms with Crippen molar-refractivity contribution < 1.29 is 27.5 Å². The number of nitrogens with one attached hydrogen (secondary N) is 1. The number of rotatable bonds is 12. The van der Waals surface area contributed by atoms with Crippen LogP contribution in [0.15, 0.2) is 103 Å². The van der Waals surface area contributed by atoms with Crippen LogP contribution in [0.4, 0.5) is 25.0 Å². The number of benzene rings is 4. The summed E-state index contributed by atoms with van der Waals surface area (Å²) in [6.45, 7) is 6.26. The zero-order chi connectivity index (χ0) is 32.8. The molecule has 0 bridgehead atoms. The maximum atomic E-state index is 14.8. The highest BCUT2D eigenvalue weighted by molar-refractivity contribution is 6.69. The summed E-state index contributed by atoms with van der Waals surface area (Å²) in [4.78, 5) is 29.2. The molecule has 46 heavy (non-hydrogen) atoms. The number of cyclic esters (lactones) is 1. The van der Waals surface area contributed by atoms with Crippen LogP contribution in [0.5, 0.6) is 0 Å². The van der Waals surface area contributed by atoms with E-state index in [1.165, 1.54) is 29.2 Å². The van der Waals surface area contributed by atoms with Gasteiger partial charge in [-0.25, -0.2) is 18.5 Å². The second kappa shape index (κ2) is 14.3. The van der Waals surface area contributed by atoms with Crippen molar-refractivity contribution in [2.75, 3.05) is 17.7 Å². The van der Waals surface area contributed by atoms with Gasteiger partial charge in [0.15, 0.2) is 8.32 Å². The van der Waals surface area contributed by atoms with Gasteiger partial charge in [0.25, 0.3) is 0 Å². The van der Waals surface area contributed by atoms with Gasteiger partial charge in [-0.05, 0) is 97.7 Å². The summed E-state index contributed by atoms with van der Waals surface area (Å²) < 4.78 is 39.8. The molecule has 4 aromatic carbocycles. The van der Waals surface area contributed by atoms with Gasteiger partial charge in [0.1, 0.15) is 24.3 Å². The minimum atomic E-state index is -2.10. The maximum Gasteiger partial charge on any atom is 0.417 e. The number of carbonyl (C=O) groups excluding carboxylic acids is 2. The lowest BCUT2D eigenvalue weighted by molar-refractivity contribution is -0.134. The molecular weight excluding hydrogens is 604 g/mol. The van der Waals surface area contributed by atoms with Crippen molar-refractivity contribution in [2.45, 2.75) is 50.7 Å². The number of nitrogens with two attached hydrogens (primary N) is 1. The first-order valence-corrected chi connectivity index (χ1v) is 18.7. The second-order valence-corrected chi connectivity index (χ2v) is 16.9. The molecule has 1 heterocycles. The molecule has 1 saturated heterocycles. The molecule has 2 amide bonds. The van der Waals surface area contributed by atoms with Crippen LogP contribution >= 0.6 is 0 Å². The van der Waals surface area contributed by atoms with E-state index in [0.717, 1.165) is 16.7 Å². The number of nitrogen functional groups attached to an aromatic ring is 1. The minimum absolute atomic E-state index is 0.0379. The Morgan fingerprint density at radius 1 is 0.891 bits per heavy atom. The van der Waals surface area contributed by atoms with E-state index in [2.05, 4.69) is 25.0 Å². The second-order valence-electron chi connectivity index (χ2n) is 12.5. The molecule has 4 atom stereocenters. The zero-order valence-corrected chi connectivity index (χ0v) is 27.2. The molecule has 0 aliphatic carbocycles. The largest absolute Gasteiger partial charge is 0.446 e. The van der Waals surface area contributed by atoms with Crippen LogP contribution in [0.2, 0.25) is 19.6 Å². The molecule has 7 nitrogen and oxygen atoms in total. The van der Waals surface area contributed by atoms with Crippen LogP contribution in [0, 0.1) is 17.6 Å². The third-order valence-corrected chi connectivity index (χ3v) is 8.95. The average Bonchev–Trinajstić information content (AvgIpc) is 3.42. The summed E-state index contributed by atoms with van der Waals surface area (Å²) in [5.41, 5.74) is 9.51. The van der Waals surface area contributed by atoms with Crippen molar-refractivity contribution in [1.29, 1.82) is 0 Å². The van der Waals surface area contributed by atoms with Crippen LogP contribution in [0.3, 0.4) is 0 Å². The number of nitrogens with zero attached hydrogens (tertiary/aromatic N) is 1. The van der Waals surface area contributed by atoms with E-state index in [4.69, 9.17) is 14.9 Å². The van der Waals surface area contributed by atoms with Crippen LogP contribution in [-0.4, -0.2) is 31.8 Å². The maximum absolute atomic E-state index is 14.8. The van der Waals surface area contributed by atoms with E-state index >= 15 is 0 Å². The van der Waals surface area contributed by atoms with Gasteiger partial charge in [-0.3, -0.25) is 4.79 Å². The van der Waals surface area contributed by atoms with E-state index in [-0.39, 0.29) is 12.4 Å². The molecule has 0 unspecified atom stereocenters. The smallest absolute Gasteiger partial charge is 0.417 e. The SMILES string of the molecule is C[Si](C)(C)O[C@@H](CC[C@@H](C(=O)N1C(=O)OC[C@@H]1c1ccccc1)[C@H](Nc1ccc(F)cc1)c1ccc(N)cc1)c1ccc(F)cc1. The third-order valence-electron chi connectivity index (χ3n) is 7.95. The first kappa shape index (κ1) is 32.8. The molecular formula is C36H39F2N3O4Si. The Balaban J connectivity index is 1.57. The van der Waals surface area contributed by atoms with Crippen molar-refractivity contribution in [3.8, 4) is 0 Å². The van der Waals surface area contributed by atoms with E-state index in [1.807, 2.05) is 42.5 Å². The number of hydrogen-bond donors (Lipinski definition) is 2. The van der Waals surface area contributed by atoms with Gasteiger partial charge < -0.3 is 20.2 Å². The molecule has 0 radical (unpaired) electrons. The third kappa shape index (κ3) is 8.18. The molecule has 4 aromatic rings. The van der Waals surface area contributed by atoms with E-state index in [9.17, 15) is 18.4 Å². The zero-order valence-electron chi connectivity index (χ0n) is 26.2. The number of carbonyl (C=O) groups is 2. The molecule has 0 aromatic heterocycles. The number of hydrogen-bond acceptors (Lipinski definition) is 6. The summed E-state index contributed by atoms with van der Waals surface area (Å²) in [6.07, 6.45) is -0.437. The molecule has 1 aliphatic rings. The van der Waals surface area contributed by atoms with Crippen LogP contribution in [0.25, 0.3) is 0 Å². The fourth-order valence-corrected chi connectivity index (χ4v) is 6.88. The van der Waals surface area contributed by atoms with Gasteiger partial charge in [-0.15, -0.1) is 0 Å². The van der Waals surface area contributed by atoms with Crippen molar-refractivity contribution in [1.82, 2.24) is 4.90 Å². The molecule has 1 aliphatic heterocycles. The van der Waals surface area contributed by atoms with E-state index < -0.39 is 50.2 Å². The van der Waals surface area contributed by atoms with Gasteiger partial charge in [0, 0.05) is 11.4 Å². The number of amides is 2. The molecule has 240 valence electrons. The topological polar surface area (TPSA) is 93.9 Å². The van der Waals surface area contributed by atoms with Crippen LogP contribution in [0.1, 0.15) is 47.7 Å². The summed E-state index contributed by atoms with van der Waals surface area (Å²) in [6, 6.07) is 27.3. The van der Waals surface area contributed by atoms with E-state index in [1.54, 1.807) is 36.4 Å². The number of anilines is 2. The Morgan fingerprint density at radius 3 is 2.09 bits per heavy atom. The van der Waals surface area contributed by atoms with Gasteiger partial charge in [-0.2, -0.15) is 0 Å². The van der Waals surface area contributed by atoms with Crippen molar-refractivity contribution in [3.63, 3.8) is 0 Å². The predicted molar refractivity (Wildman–Crippen MR) is 177 cm³/mol. The van der Waals surface area contributed by atoms with Gasteiger partial charge >= 0.3 is 6.09 Å². The normalized spacial score (nSPS) is 16.8. The number of imide groups is 1. The summed E-state index contributed by atoms with van der Waals surface area (Å²) in [5, 5.41) is 3.45. The highest BCUT2D eigenvalue weighted by Gasteiger charge is 2.44. The Labute approximate surface area is 269 Å². The molecule has 1 fully saturated rings. The molecule has 0 saturated carbocycles. The number of ether oxygens (including phenoxy) is 1. The highest BCUT2D eigenvalue weighted by Crippen LogP contribution is 2.39.